The summed E-state index contributed by atoms with van der Waals surface area (Å²) in [5, 5.41) is 6.49. The van der Waals surface area contributed by atoms with E-state index in [4.69, 9.17) is 5.73 Å². The van der Waals surface area contributed by atoms with Crippen LogP contribution in [0, 0.1) is 13.8 Å². The fourth-order valence-corrected chi connectivity index (χ4v) is 1.88. The predicted octanol–water partition coefficient (Wildman–Crippen LogP) is 1.38. The van der Waals surface area contributed by atoms with Crippen molar-refractivity contribution in [3.63, 3.8) is 0 Å². The Morgan fingerprint density at radius 2 is 2.24 bits per heavy atom. The molecular formula is C10H11N5OS. The van der Waals surface area contributed by atoms with Crippen LogP contribution >= 0.6 is 11.5 Å². The van der Waals surface area contributed by atoms with Crippen LogP contribution in [-0.4, -0.2) is 20.5 Å². The summed E-state index contributed by atoms with van der Waals surface area (Å²) in [6.07, 6.45) is 1.50. The van der Waals surface area contributed by atoms with E-state index in [1.54, 1.807) is 13.0 Å². The Labute approximate surface area is 102 Å². The average Bonchev–Trinajstić information content (AvgIpc) is 2.68. The molecule has 88 valence electrons. The number of aryl methyl sites for hydroxylation is 2. The summed E-state index contributed by atoms with van der Waals surface area (Å²) in [6, 6.07) is 1.75. The Hall–Kier alpha value is -2.02. The quantitative estimate of drug-likeness (QED) is 0.838. The predicted molar refractivity (Wildman–Crippen MR) is 66.0 cm³/mol. The summed E-state index contributed by atoms with van der Waals surface area (Å²) in [7, 11) is 0. The molecule has 0 bridgehead atoms. The molecule has 2 heterocycles. The van der Waals surface area contributed by atoms with Gasteiger partial charge in [0.15, 0.2) is 0 Å². The largest absolute Gasteiger partial charge is 0.397 e. The Morgan fingerprint density at radius 1 is 1.47 bits per heavy atom. The van der Waals surface area contributed by atoms with Gasteiger partial charge in [0.05, 0.1) is 17.6 Å². The molecule has 17 heavy (non-hydrogen) atoms. The number of hydrogen-bond donors (Lipinski definition) is 2. The summed E-state index contributed by atoms with van der Waals surface area (Å²) < 4.78 is 3.71. The normalized spacial score (nSPS) is 10.2. The summed E-state index contributed by atoms with van der Waals surface area (Å²) in [6.45, 7) is 3.57. The Morgan fingerprint density at radius 3 is 2.82 bits per heavy atom. The first-order chi connectivity index (χ1) is 8.08. The maximum absolute atomic E-state index is 11.9. The molecule has 3 N–H and O–H groups in total. The van der Waals surface area contributed by atoms with E-state index in [2.05, 4.69) is 19.9 Å². The van der Waals surface area contributed by atoms with Crippen LogP contribution in [0.3, 0.4) is 0 Å². The van der Waals surface area contributed by atoms with E-state index >= 15 is 0 Å². The molecule has 6 nitrogen and oxygen atoms in total. The Kier molecular flexibility index (Phi) is 3.01. The Bertz CT molecular complexity index is 566. The number of nitrogens with zero attached hydrogens (tertiary/aromatic N) is 3. The van der Waals surface area contributed by atoms with Gasteiger partial charge in [-0.05, 0) is 37.0 Å². The third kappa shape index (κ3) is 2.39. The number of hydrogen-bond acceptors (Lipinski definition) is 6. The first kappa shape index (κ1) is 11.5. The highest BCUT2D eigenvalue weighted by Crippen LogP contribution is 2.16. The number of carbonyl (C=O) groups is 1. The second-order valence-corrected chi connectivity index (χ2v) is 4.33. The van der Waals surface area contributed by atoms with Crippen molar-refractivity contribution in [1.29, 1.82) is 0 Å². The van der Waals surface area contributed by atoms with Crippen molar-refractivity contribution in [2.24, 2.45) is 0 Å². The molecule has 0 radical (unpaired) electrons. The van der Waals surface area contributed by atoms with Crippen molar-refractivity contribution in [1.82, 2.24) is 14.6 Å². The van der Waals surface area contributed by atoms with Gasteiger partial charge in [-0.3, -0.25) is 4.79 Å². The van der Waals surface area contributed by atoms with Crippen molar-refractivity contribution < 1.29 is 4.79 Å². The zero-order chi connectivity index (χ0) is 12.4. The highest BCUT2D eigenvalue weighted by Gasteiger charge is 2.14. The fourth-order valence-electron chi connectivity index (χ4n) is 1.33. The van der Waals surface area contributed by atoms with E-state index < -0.39 is 0 Å². The monoisotopic (exact) mass is 249 g/mol. The SMILES string of the molecule is Cc1cc(N)cnc1NC(=O)c1snnc1C. The maximum Gasteiger partial charge on any atom is 0.270 e. The van der Waals surface area contributed by atoms with Gasteiger partial charge in [0.2, 0.25) is 0 Å². The van der Waals surface area contributed by atoms with Gasteiger partial charge in [0.1, 0.15) is 10.7 Å². The van der Waals surface area contributed by atoms with Crippen LogP contribution in [0.2, 0.25) is 0 Å². The van der Waals surface area contributed by atoms with E-state index in [-0.39, 0.29) is 5.91 Å². The number of pyridine rings is 1. The smallest absolute Gasteiger partial charge is 0.270 e. The van der Waals surface area contributed by atoms with Gasteiger partial charge in [0.25, 0.3) is 5.91 Å². The van der Waals surface area contributed by atoms with Crippen molar-refractivity contribution in [2.75, 3.05) is 11.1 Å². The lowest BCUT2D eigenvalue weighted by molar-refractivity contribution is 0.102. The molecule has 0 unspecified atom stereocenters. The van der Waals surface area contributed by atoms with Gasteiger partial charge in [0, 0.05) is 0 Å². The van der Waals surface area contributed by atoms with Gasteiger partial charge >= 0.3 is 0 Å². The second kappa shape index (κ2) is 4.46. The number of carbonyl (C=O) groups excluding carboxylic acids is 1. The molecule has 0 saturated carbocycles. The highest BCUT2D eigenvalue weighted by molar-refractivity contribution is 7.08. The standard InChI is InChI=1S/C10H11N5OS/c1-5-3-7(11)4-12-9(5)13-10(16)8-6(2)14-15-17-8/h3-4H,11H2,1-2H3,(H,12,13,16). The van der Waals surface area contributed by atoms with Crippen LogP contribution in [0.4, 0.5) is 11.5 Å². The van der Waals surface area contributed by atoms with Crippen LogP contribution < -0.4 is 11.1 Å². The van der Waals surface area contributed by atoms with Gasteiger partial charge in [-0.2, -0.15) is 0 Å². The Balaban J connectivity index is 2.22. The lowest BCUT2D eigenvalue weighted by Crippen LogP contribution is -2.13. The molecule has 1 amide bonds. The topological polar surface area (TPSA) is 93.8 Å². The summed E-state index contributed by atoms with van der Waals surface area (Å²) in [5.74, 6) is 0.245. The number of rotatable bonds is 2. The third-order valence-corrected chi connectivity index (χ3v) is 3.02. The highest BCUT2D eigenvalue weighted by atomic mass is 32.1. The summed E-state index contributed by atoms with van der Waals surface area (Å²) in [4.78, 5) is 16.4. The minimum Gasteiger partial charge on any atom is -0.397 e. The minimum atomic E-state index is -0.252. The van der Waals surface area contributed by atoms with E-state index in [0.29, 0.717) is 22.1 Å². The lowest BCUT2D eigenvalue weighted by atomic mass is 10.2. The fraction of sp³-hybridized carbons (Fsp3) is 0.200. The van der Waals surface area contributed by atoms with Crippen molar-refractivity contribution in [3.05, 3.63) is 28.4 Å². The minimum absolute atomic E-state index is 0.252. The van der Waals surface area contributed by atoms with E-state index in [1.807, 2.05) is 6.92 Å². The van der Waals surface area contributed by atoms with Gasteiger partial charge in [-0.25, -0.2) is 4.98 Å². The lowest BCUT2D eigenvalue weighted by Gasteiger charge is -2.06. The van der Waals surface area contributed by atoms with Gasteiger partial charge in [-0.1, -0.05) is 4.49 Å². The van der Waals surface area contributed by atoms with Crippen molar-refractivity contribution in [3.8, 4) is 0 Å². The molecule has 0 aliphatic heterocycles. The number of amides is 1. The summed E-state index contributed by atoms with van der Waals surface area (Å²) >= 11 is 1.06. The molecule has 0 saturated heterocycles. The molecule has 7 heteroatoms. The van der Waals surface area contributed by atoms with Crippen molar-refractivity contribution in [2.45, 2.75) is 13.8 Å². The van der Waals surface area contributed by atoms with Crippen molar-refractivity contribution >= 4 is 28.9 Å². The van der Waals surface area contributed by atoms with Crippen LogP contribution in [0.1, 0.15) is 20.9 Å². The molecule has 0 fully saturated rings. The molecular weight excluding hydrogens is 238 g/mol. The van der Waals surface area contributed by atoms with E-state index in [1.165, 1.54) is 6.20 Å². The van der Waals surface area contributed by atoms with E-state index in [9.17, 15) is 4.79 Å². The van der Waals surface area contributed by atoms with Gasteiger partial charge in [-0.15, -0.1) is 5.10 Å². The number of anilines is 2. The summed E-state index contributed by atoms with van der Waals surface area (Å²) in [5.41, 5.74) is 7.57. The molecule has 0 aliphatic rings. The maximum atomic E-state index is 11.9. The second-order valence-electron chi connectivity index (χ2n) is 3.58. The third-order valence-electron chi connectivity index (χ3n) is 2.19. The molecule has 0 atom stereocenters. The number of nitrogens with one attached hydrogen (secondary N) is 1. The van der Waals surface area contributed by atoms with Crippen LogP contribution in [-0.2, 0) is 0 Å². The molecule has 2 aromatic rings. The zero-order valence-corrected chi connectivity index (χ0v) is 10.2. The number of aromatic nitrogens is 3. The molecule has 0 spiro atoms. The molecule has 0 aromatic carbocycles. The number of nitrogen functional groups attached to an aromatic ring is 1. The van der Waals surface area contributed by atoms with E-state index in [0.717, 1.165) is 17.1 Å². The molecule has 2 aromatic heterocycles. The average molecular weight is 249 g/mol. The van der Waals surface area contributed by atoms with Gasteiger partial charge < -0.3 is 11.1 Å². The first-order valence-electron chi connectivity index (χ1n) is 4.90. The zero-order valence-electron chi connectivity index (χ0n) is 9.39. The van der Waals surface area contributed by atoms with Crippen LogP contribution in [0.5, 0.6) is 0 Å². The molecule has 2 rings (SSSR count). The van der Waals surface area contributed by atoms with Crippen LogP contribution in [0.15, 0.2) is 12.3 Å². The molecule has 0 aliphatic carbocycles. The number of nitrogens with two attached hydrogens (primary N) is 1. The van der Waals surface area contributed by atoms with Crippen LogP contribution in [0.25, 0.3) is 0 Å². The first-order valence-corrected chi connectivity index (χ1v) is 5.67.